The monoisotopic (exact) mass is 248 g/mol. The van der Waals surface area contributed by atoms with Gasteiger partial charge in [0.25, 0.3) is 5.91 Å². The van der Waals surface area contributed by atoms with Crippen LogP contribution in [-0.4, -0.2) is 28.1 Å². The molecule has 1 heterocycles. The van der Waals surface area contributed by atoms with E-state index in [1.165, 1.54) is 0 Å². The number of carbonyl (C=O) groups is 1. The van der Waals surface area contributed by atoms with E-state index in [0.717, 1.165) is 37.7 Å². The van der Waals surface area contributed by atoms with Crippen molar-refractivity contribution in [3.05, 3.63) is 29.6 Å². The molecule has 0 aliphatic heterocycles. The van der Waals surface area contributed by atoms with Crippen molar-refractivity contribution in [3.8, 4) is 0 Å². The molecular weight excluding hydrogens is 228 g/mol. The molecule has 2 rings (SSSR count). The summed E-state index contributed by atoms with van der Waals surface area (Å²) in [6, 6.07) is 1.63. The van der Waals surface area contributed by atoms with E-state index < -0.39 is 6.10 Å². The predicted molar refractivity (Wildman–Crippen MR) is 69.3 cm³/mol. The molecule has 1 aliphatic carbocycles. The fourth-order valence-electron chi connectivity index (χ4n) is 2.46. The SMILES string of the molecule is CCc1cnccc1C(=O)NC1CCCCC1O. The number of nitrogens with zero attached hydrogens (tertiary/aromatic N) is 1. The van der Waals surface area contributed by atoms with E-state index in [4.69, 9.17) is 0 Å². The molecule has 0 aromatic carbocycles. The van der Waals surface area contributed by atoms with Gasteiger partial charge in [-0.1, -0.05) is 19.8 Å². The van der Waals surface area contributed by atoms with Gasteiger partial charge in [0, 0.05) is 18.0 Å². The van der Waals surface area contributed by atoms with Crippen LogP contribution in [0, 0.1) is 0 Å². The van der Waals surface area contributed by atoms with Crippen molar-refractivity contribution in [1.82, 2.24) is 10.3 Å². The van der Waals surface area contributed by atoms with Crippen LogP contribution in [0.25, 0.3) is 0 Å². The van der Waals surface area contributed by atoms with Gasteiger partial charge in [-0.05, 0) is 30.9 Å². The molecule has 1 fully saturated rings. The Labute approximate surface area is 107 Å². The maximum Gasteiger partial charge on any atom is 0.251 e. The first-order chi connectivity index (χ1) is 8.72. The van der Waals surface area contributed by atoms with Crippen molar-refractivity contribution in [2.75, 3.05) is 0 Å². The van der Waals surface area contributed by atoms with Gasteiger partial charge in [0.15, 0.2) is 0 Å². The topological polar surface area (TPSA) is 62.2 Å². The first-order valence-corrected chi connectivity index (χ1v) is 6.64. The van der Waals surface area contributed by atoms with E-state index in [-0.39, 0.29) is 11.9 Å². The summed E-state index contributed by atoms with van der Waals surface area (Å²) in [5, 5.41) is 12.8. The van der Waals surface area contributed by atoms with Gasteiger partial charge in [0.05, 0.1) is 12.1 Å². The van der Waals surface area contributed by atoms with Gasteiger partial charge in [-0.2, -0.15) is 0 Å². The first kappa shape index (κ1) is 13.0. The molecule has 1 saturated carbocycles. The van der Waals surface area contributed by atoms with Crippen molar-refractivity contribution in [2.45, 2.75) is 51.2 Å². The number of pyridine rings is 1. The van der Waals surface area contributed by atoms with E-state index >= 15 is 0 Å². The number of hydrogen-bond acceptors (Lipinski definition) is 3. The number of aromatic nitrogens is 1. The Balaban J connectivity index is 2.07. The number of aliphatic hydroxyl groups excluding tert-OH is 1. The molecule has 1 aliphatic rings. The number of nitrogens with one attached hydrogen (secondary N) is 1. The number of amides is 1. The van der Waals surface area contributed by atoms with Gasteiger partial charge in [0.1, 0.15) is 0 Å². The summed E-state index contributed by atoms with van der Waals surface area (Å²) in [6.07, 6.45) is 7.49. The van der Waals surface area contributed by atoms with Crippen molar-refractivity contribution in [1.29, 1.82) is 0 Å². The third kappa shape index (κ3) is 2.88. The average molecular weight is 248 g/mol. The fraction of sp³-hybridized carbons (Fsp3) is 0.571. The van der Waals surface area contributed by atoms with E-state index in [2.05, 4.69) is 10.3 Å². The van der Waals surface area contributed by atoms with Gasteiger partial charge in [-0.3, -0.25) is 9.78 Å². The number of aliphatic hydroxyl groups is 1. The van der Waals surface area contributed by atoms with Crippen LogP contribution in [0.3, 0.4) is 0 Å². The van der Waals surface area contributed by atoms with Gasteiger partial charge >= 0.3 is 0 Å². The summed E-state index contributed by atoms with van der Waals surface area (Å²) < 4.78 is 0. The minimum absolute atomic E-state index is 0.0970. The normalized spacial score (nSPS) is 23.7. The summed E-state index contributed by atoms with van der Waals surface area (Å²) in [4.78, 5) is 16.2. The van der Waals surface area contributed by atoms with Crippen molar-refractivity contribution < 1.29 is 9.90 Å². The van der Waals surface area contributed by atoms with E-state index in [9.17, 15) is 9.90 Å². The van der Waals surface area contributed by atoms with Crippen LogP contribution in [0.5, 0.6) is 0 Å². The molecule has 0 spiro atoms. The Morgan fingerprint density at radius 2 is 2.28 bits per heavy atom. The zero-order chi connectivity index (χ0) is 13.0. The van der Waals surface area contributed by atoms with Crippen LogP contribution in [0.15, 0.2) is 18.5 Å². The molecule has 2 N–H and O–H groups in total. The van der Waals surface area contributed by atoms with Crippen LogP contribution < -0.4 is 5.32 Å². The fourth-order valence-corrected chi connectivity index (χ4v) is 2.46. The smallest absolute Gasteiger partial charge is 0.251 e. The summed E-state index contributed by atoms with van der Waals surface area (Å²) in [6.45, 7) is 2.00. The minimum Gasteiger partial charge on any atom is -0.391 e. The Hall–Kier alpha value is -1.42. The lowest BCUT2D eigenvalue weighted by Gasteiger charge is -2.28. The Morgan fingerprint density at radius 3 is 3.00 bits per heavy atom. The third-order valence-corrected chi connectivity index (χ3v) is 3.58. The second-order valence-corrected chi connectivity index (χ2v) is 4.82. The van der Waals surface area contributed by atoms with E-state index in [0.29, 0.717) is 5.56 Å². The molecule has 0 radical (unpaired) electrons. The average Bonchev–Trinajstić information content (AvgIpc) is 2.41. The molecule has 4 heteroatoms. The molecule has 98 valence electrons. The maximum atomic E-state index is 12.2. The number of carbonyl (C=O) groups excluding carboxylic acids is 1. The van der Waals surface area contributed by atoms with Crippen LogP contribution in [0.4, 0.5) is 0 Å². The van der Waals surface area contributed by atoms with Crippen molar-refractivity contribution in [3.63, 3.8) is 0 Å². The largest absolute Gasteiger partial charge is 0.391 e. The standard InChI is InChI=1S/C14H20N2O2/c1-2-10-9-15-8-7-11(10)14(18)16-12-5-3-4-6-13(12)17/h7-9,12-13,17H,2-6H2,1H3,(H,16,18). The van der Waals surface area contributed by atoms with Crippen LogP contribution in [0.1, 0.15) is 48.5 Å². The molecule has 18 heavy (non-hydrogen) atoms. The highest BCUT2D eigenvalue weighted by atomic mass is 16.3. The Bertz CT molecular complexity index is 420. The summed E-state index contributed by atoms with van der Waals surface area (Å²) >= 11 is 0. The lowest BCUT2D eigenvalue weighted by atomic mass is 9.92. The quantitative estimate of drug-likeness (QED) is 0.855. The number of rotatable bonds is 3. The number of aryl methyl sites for hydroxylation is 1. The lowest BCUT2D eigenvalue weighted by Crippen LogP contribution is -2.45. The lowest BCUT2D eigenvalue weighted by molar-refractivity contribution is 0.0716. The zero-order valence-corrected chi connectivity index (χ0v) is 10.7. The molecule has 0 saturated heterocycles. The Kier molecular flexibility index (Phi) is 4.31. The van der Waals surface area contributed by atoms with Crippen LogP contribution in [0.2, 0.25) is 0 Å². The highest BCUT2D eigenvalue weighted by Crippen LogP contribution is 2.19. The minimum atomic E-state index is -0.408. The van der Waals surface area contributed by atoms with Crippen LogP contribution >= 0.6 is 0 Å². The van der Waals surface area contributed by atoms with Gasteiger partial charge in [-0.15, -0.1) is 0 Å². The summed E-state index contributed by atoms with van der Waals surface area (Å²) in [5.41, 5.74) is 1.62. The molecule has 4 nitrogen and oxygen atoms in total. The van der Waals surface area contributed by atoms with Crippen molar-refractivity contribution in [2.24, 2.45) is 0 Å². The van der Waals surface area contributed by atoms with Gasteiger partial charge in [0.2, 0.25) is 0 Å². The van der Waals surface area contributed by atoms with Gasteiger partial charge < -0.3 is 10.4 Å². The molecule has 1 amide bonds. The zero-order valence-electron chi connectivity index (χ0n) is 10.7. The summed E-state index contributed by atoms with van der Waals surface area (Å²) in [7, 11) is 0. The molecule has 2 unspecified atom stereocenters. The molecule has 1 aromatic heterocycles. The second-order valence-electron chi connectivity index (χ2n) is 4.82. The van der Waals surface area contributed by atoms with Gasteiger partial charge in [-0.25, -0.2) is 0 Å². The molecule has 2 atom stereocenters. The van der Waals surface area contributed by atoms with Crippen molar-refractivity contribution >= 4 is 5.91 Å². The maximum absolute atomic E-state index is 12.2. The number of hydrogen-bond donors (Lipinski definition) is 2. The molecule has 0 bridgehead atoms. The summed E-state index contributed by atoms with van der Waals surface area (Å²) in [5.74, 6) is -0.0970. The molecular formula is C14H20N2O2. The van der Waals surface area contributed by atoms with E-state index in [1.807, 2.05) is 6.92 Å². The molecule has 1 aromatic rings. The third-order valence-electron chi connectivity index (χ3n) is 3.58. The first-order valence-electron chi connectivity index (χ1n) is 6.64. The second kappa shape index (κ2) is 5.96. The predicted octanol–water partition coefficient (Wildman–Crippen LogP) is 1.68. The Morgan fingerprint density at radius 1 is 1.50 bits per heavy atom. The highest BCUT2D eigenvalue weighted by Gasteiger charge is 2.25. The highest BCUT2D eigenvalue weighted by molar-refractivity contribution is 5.95. The van der Waals surface area contributed by atoms with Crippen LogP contribution in [-0.2, 0) is 6.42 Å². The van der Waals surface area contributed by atoms with E-state index in [1.54, 1.807) is 18.5 Å².